The number of anilines is 1. The summed E-state index contributed by atoms with van der Waals surface area (Å²) in [4.78, 5) is 33.8. The molecule has 2 aliphatic heterocycles. The first-order valence-corrected chi connectivity index (χ1v) is 16.4. The van der Waals surface area contributed by atoms with Crippen LogP contribution < -0.4 is 5.32 Å². The van der Waals surface area contributed by atoms with E-state index in [2.05, 4.69) is 31.0 Å². The van der Waals surface area contributed by atoms with E-state index >= 15 is 0 Å². The zero-order valence-corrected chi connectivity index (χ0v) is 25.8. The summed E-state index contributed by atoms with van der Waals surface area (Å²) >= 11 is 12.6. The molecule has 0 bridgehead atoms. The fraction of sp³-hybridized carbons (Fsp3) is 0.517. The third-order valence-electron chi connectivity index (χ3n) is 8.16. The summed E-state index contributed by atoms with van der Waals surface area (Å²) in [6.07, 6.45) is 1.57. The van der Waals surface area contributed by atoms with Crippen LogP contribution in [0.15, 0.2) is 42.5 Å². The number of benzene rings is 2. The Balaban J connectivity index is 1.66. The van der Waals surface area contributed by atoms with Crippen LogP contribution in [0.25, 0.3) is 0 Å². The molecule has 4 rings (SSSR count). The van der Waals surface area contributed by atoms with Crippen molar-refractivity contribution >= 4 is 50.5 Å². The van der Waals surface area contributed by atoms with E-state index in [1.165, 1.54) is 6.26 Å². The minimum Gasteiger partial charge on any atom is -0.339 e. The Bertz CT molecular complexity index is 1360. The Morgan fingerprint density at radius 2 is 1.73 bits per heavy atom. The van der Waals surface area contributed by atoms with Crippen LogP contribution in [-0.2, 0) is 31.4 Å². The van der Waals surface area contributed by atoms with Crippen molar-refractivity contribution in [1.29, 1.82) is 0 Å². The van der Waals surface area contributed by atoms with Gasteiger partial charge < -0.3 is 10.2 Å². The van der Waals surface area contributed by atoms with E-state index in [0.29, 0.717) is 54.9 Å². The second kappa shape index (κ2) is 12.4. The van der Waals surface area contributed by atoms with Gasteiger partial charge in [0.05, 0.1) is 12.3 Å². The van der Waals surface area contributed by atoms with Crippen LogP contribution in [-0.4, -0.2) is 92.3 Å². The van der Waals surface area contributed by atoms with Gasteiger partial charge in [-0.25, -0.2) is 8.42 Å². The molecule has 2 aliphatic rings. The fourth-order valence-corrected chi connectivity index (χ4v) is 6.56. The molecular weight excluding hydrogens is 571 g/mol. The van der Waals surface area contributed by atoms with Gasteiger partial charge in [0, 0.05) is 72.7 Å². The Morgan fingerprint density at radius 1 is 1.05 bits per heavy atom. The Morgan fingerprint density at radius 3 is 2.35 bits per heavy atom. The van der Waals surface area contributed by atoms with Gasteiger partial charge in [-0.2, -0.15) is 0 Å². The number of sulfone groups is 1. The van der Waals surface area contributed by atoms with Gasteiger partial charge in [-0.3, -0.25) is 19.4 Å². The average Bonchev–Trinajstić information content (AvgIpc) is 3.15. The van der Waals surface area contributed by atoms with Crippen molar-refractivity contribution in [2.24, 2.45) is 5.92 Å². The number of nitrogens with one attached hydrogen (secondary N) is 1. The van der Waals surface area contributed by atoms with Crippen LogP contribution in [0.4, 0.5) is 5.69 Å². The maximum atomic E-state index is 14.1. The van der Waals surface area contributed by atoms with Gasteiger partial charge in [-0.1, -0.05) is 55.2 Å². The number of rotatable bonds is 10. The van der Waals surface area contributed by atoms with Crippen molar-refractivity contribution in [3.05, 3.63) is 63.6 Å². The lowest BCUT2D eigenvalue weighted by atomic mass is 9.81. The highest BCUT2D eigenvalue weighted by atomic mass is 35.5. The second-order valence-electron chi connectivity index (χ2n) is 11.3. The molecule has 0 spiro atoms. The van der Waals surface area contributed by atoms with E-state index < -0.39 is 15.4 Å². The maximum absolute atomic E-state index is 14.1. The lowest BCUT2D eigenvalue weighted by molar-refractivity contribution is -0.141. The molecule has 1 fully saturated rings. The molecule has 2 aromatic rings. The van der Waals surface area contributed by atoms with E-state index in [0.717, 1.165) is 11.1 Å². The van der Waals surface area contributed by atoms with Crippen molar-refractivity contribution < 1.29 is 18.0 Å². The molecule has 1 N–H and O–H groups in total. The summed E-state index contributed by atoms with van der Waals surface area (Å²) in [6.45, 7) is 8.97. The van der Waals surface area contributed by atoms with Crippen LogP contribution >= 0.6 is 23.2 Å². The molecule has 1 saturated heterocycles. The number of piperazine rings is 1. The highest BCUT2D eigenvalue weighted by Crippen LogP contribution is 2.45. The smallest absolute Gasteiger partial charge is 0.249 e. The molecule has 2 unspecified atom stereocenters. The Hall–Kier alpha value is -2.17. The molecule has 2 atom stereocenters. The van der Waals surface area contributed by atoms with Gasteiger partial charge in [0.2, 0.25) is 11.8 Å². The number of hydrogen-bond donors (Lipinski definition) is 1. The second-order valence-corrected chi connectivity index (χ2v) is 14.4. The van der Waals surface area contributed by atoms with Gasteiger partial charge in [-0.15, -0.1) is 0 Å². The minimum atomic E-state index is -3.05. The molecule has 0 aromatic heterocycles. The predicted molar refractivity (Wildman–Crippen MR) is 161 cm³/mol. The normalized spacial score (nSPS) is 20.6. The number of carbonyl (C=O) groups excluding carboxylic acids is 2. The largest absolute Gasteiger partial charge is 0.339 e. The molecule has 40 heavy (non-hydrogen) atoms. The summed E-state index contributed by atoms with van der Waals surface area (Å²) in [5.74, 6) is -0.00170. The van der Waals surface area contributed by atoms with E-state index in [1.54, 1.807) is 18.2 Å². The fourth-order valence-electron chi connectivity index (χ4n) is 5.58. The van der Waals surface area contributed by atoms with Gasteiger partial charge in [0.1, 0.15) is 15.4 Å². The number of amides is 2. The zero-order chi connectivity index (χ0) is 29.2. The number of fused-ring (bicyclic) bond motifs is 1. The van der Waals surface area contributed by atoms with Crippen LogP contribution in [0.1, 0.15) is 31.9 Å². The van der Waals surface area contributed by atoms with Crippen molar-refractivity contribution in [3.63, 3.8) is 0 Å². The molecule has 2 aromatic carbocycles. The maximum Gasteiger partial charge on any atom is 0.249 e. The van der Waals surface area contributed by atoms with Gasteiger partial charge in [0.25, 0.3) is 0 Å². The number of halogens is 2. The van der Waals surface area contributed by atoms with E-state index in [4.69, 9.17) is 23.2 Å². The van der Waals surface area contributed by atoms with Gasteiger partial charge >= 0.3 is 0 Å². The first kappa shape index (κ1) is 30.8. The van der Waals surface area contributed by atoms with Crippen molar-refractivity contribution in [2.75, 3.05) is 56.6 Å². The lowest BCUT2D eigenvalue weighted by Gasteiger charge is -2.45. The molecule has 11 heteroatoms. The van der Waals surface area contributed by atoms with Crippen molar-refractivity contribution in [2.45, 2.75) is 38.8 Å². The standard InChI is InChI=1S/C29H38Cl2N4O4S/c1-20(2)21(3)35(19-27(36)34-12-10-33(11-13-34)14-15-40(4,38)39)29(18-22-6-5-7-23(30)16-22)25-9-8-24(31)17-26(25)32-28(29)37/h5-9,16-17,20-21H,10-15,18-19H2,1-4H3,(H,32,37). The minimum absolute atomic E-state index is 0.0543. The average molecular weight is 610 g/mol. The van der Waals surface area contributed by atoms with E-state index in [9.17, 15) is 18.0 Å². The van der Waals surface area contributed by atoms with Crippen LogP contribution in [0.2, 0.25) is 10.0 Å². The van der Waals surface area contributed by atoms with Crippen LogP contribution in [0.5, 0.6) is 0 Å². The highest BCUT2D eigenvalue weighted by Gasteiger charge is 2.53. The van der Waals surface area contributed by atoms with E-state index in [1.807, 2.05) is 34.1 Å². The molecule has 0 aliphatic carbocycles. The summed E-state index contributed by atoms with van der Waals surface area (Å²) in [7, 11) is -3.05. The van der Waals surface area contributed by atoms with Gasteiger partial charge in [0.15, 0.2) is 0 Å². The molecule has 2 heterocycles. The molecule has 0 saturated carbocycles. The number of carbonyl (C=O) groups is 2. The first-order valence-electron chi connectivity index (χ1n) is 13.6. The third kappa shape index (κ3) is 6.82. The van der Waals surface area contributed by atoms with Crippen molar-refractivity contribution in [1.82, 2.24) is 14.7 Å². The molecular formula is C29H38Cl2N4O4S. The van der Waals surface area contributed by atoms with E-state index in [-0.39, 0.29) is 36.1 Å². The monoisotopic (exact) mass is 608 g/mol. The quantitative estimate of drug-likeness (QED) is 0.440. The SMILES string of the molecule is CC(C)C(C)N(CC(=O)N1CCN(CCS(C)(=O)=O)CC1)C1(Cc2cccc(Cl)c2)C(=O)Nc2cc(Cl)ccc21. The molecule has 2 amide bonds. The summed E-state index contributed by atoms with van der Waals surface area (Å²) in [5.41, 5.74) is 1.17. The zero-order valence-electron chi connectivity index (χ0n) is 23.5. The molecule has 218 valence electrons. The Labute approximate surface area is 247 Å². The third-order valence-corrected chi connectivity index (χ3v) is 9.55. The van der Waals surface area contributed by atoms with Gasteiger partial charge in [-0.05, 0) is 42.7 Å². The summed E-state index contributed by atoms with van der Waals surface area (Å²) in [5, 5.41) is 4.14. The lowest BCUT2D eigenvalue weighted by Crippen LogP contribution is -2.61. The summed E-state index contributed by atoms with van der Waals surface area (Å²) < 4.78 is 23.2. The van der Waals surface area contributed by atoms with Crippen LogP contribution in [0, 0.1) is 5.92 Å². The topological polar surface area (TPSA) is 90.0 Å². The van der Waals surface area contributed by atoms with Crippen molar-refractivity contribution in [3.8, 4) is 0 Å². The van der Waals surface area contributed by atoms with Crippen LogP contribution in [0.3, 0.4) is 0 Å². The number of nitrogens with zero attached hydrogens (tertiary/aromatic N) is 3. The number of hydrogen-bond acceptors (Lipinski definition) is 6. The predicted octanol–water partition coefficient (Wildman–Crippen LogP) is 3.92. The first-order chi connectivity index (χ1) is 18.8. The highest BCUT2D eigenvalue weighted by molar-refractivity contribution is 7.90. The summed E-state index contributed by atoms with van der Waals surface area (Å²) in [6, 6.07) is 12.8. The molecule has 0 radical (unpaired) electrons. The molecule has 8 nitrogen and oxygen atoms in total. The Kier molecular flexibility index (Phi) is 9.52.